The van der Waals surface area contributed by atoms with E-state index in [1.165, 1.54) is 5.56 Å². The van der Waals surface area contributed by atoms with Crippen LogP contribution in [0.3, 0.4) is 0 Å². The SMILES string of the molecule is CCOC(OCC)C(=O)Cc1ccc(C)cc1. The zero-order valence-corrected chi connectivity index (χ0v) is 10.7. The first kappa shape index (κ1) is 13.9. The molecule has 0 amide bonds. The van der Waals surface area contributed by atoms with Gasteiger partial charge in [0.25, 0.3) is 0 Å². The minimum absolute atomic E-state index is 0.0300. The lowest BCUT2D eigenvalue weighted by Crippen LogP contribution is -2.29. The molecule has 1 aromatic carbocycles. The first-order chi connectivity index (χ1) is 8.17. The van der Waals surface area contributed by atoms with E-state index in [4.69, 9.17) is 9.47 Å². The van der Waals surface area contributed by atoms with Crippen molar-refractivity contribution < 1.29 is 14.3 Å². The lowest BCUT2D eigenvalue weighted by molar-refractivity contribution is -0.167. The predicted octanol–water partition coefficient (Wildman–Crippen LogP) is 2.51. The molecule has 3 heteroatoms. The predicted molar refractivity (Wildman–Crippen MR) is 66.9 cm³/mol. The van der Waals surface area contributed by atoms with E-state index in [2.05, 4.69) is 0 Å². The van der Waals surface area contributed by atoms with E-state index < -0.39 is 6.29 Å². The van der Waals surface area contributed by atoms with Crippen LogP contribution in [0.5, 0.6) is 0 Å². The molecule has 0 aliphatic rings. The van der Waals surface area contributed by atoms with E-state index in [0.717, 1.165) is 5.56 Å². The molecule has 0 spiro atoms. The number of ketones is 1. The Balaban J connectivity index is 2.59. The molecule has 1 rings (SSSR count). The monoisotopic (exact) mass is 236 g/mol. The van der Waals surface area contributed by atoms with E-state index in [1.807, 2.05) is 45.0 Å². The van der Waals surface area contributed by atoms with Gasteiger partial charge in [-0.2, -0.15) is 0 Å². The molecule has 94 valence electrons. The number of carbonyl (C=O) groups excluding carboxylic acids is 1. The molecule has 0 fully saturated rings. The van der Waals surface area contributed by atoms with E-state index in [1.54, 1.807) is 0 Å². The molecule has 0 atom stereocenters. The molecular formula is C14H20O3. The van der Waals surface area contributed by atoms with Crippen molar-refractivity contribution in [2.75, 3.05) is 13.2 Å². The average Bonchev–Trinajstić information content (AvgIpc) is 2.32. The van der Waals surface area contributed by atoms with Crippen molar-refractivity contribution in [2.24, 2.45) is 0 Å². The highest BCUT2D eigenvalue weighted by Gasteiger charge is 2.18. The van der Waals surface area contributed by atoms with Gasteiger partial charge in [-0.3, -0.25) is 4.79 Å². The highest BCUT2D eigenvalue weighted by Crippen LogP contribution is 2.07. The Hall–Kier alpha value is -1.19. The van der Waals surface area contributed by atoms with Gasteiger partial charge in [-0.25, -0.2) is 0 Å². The number of rotatable bonds is 7. The summed E-state index contributed by atoms with van der Waals surface area (Å²) in [5, 5.41) is 0. The Bertz CT molecular complexity index is 337. The average molecular weight is 236 g/mol. The van der Waals surface area contributed by atoms with Crippen LogP contribution >= 0.6 is 0 Å². The number of benzene rings is 1. The van der Waals surface area contributed by atoms with Gasteiger partial charge >= 0.3 is 0 Å². The smallest absolute Gasteiger partial charge is 0.218 e. The van der Waals surface area contributed by atoms with Crippen LogP contribution in [0.4, 0.5) is 0 Å². The number of hydrogen-bond acceptors (Lipinski definition) is 3. The molecule has 0 heterocycles. The summed E-state index contributed by atoms with van der Waals surface area (Å²) in [4.78, 5) is 11.9. The van der Waals surface area contributed by atoms with Crippen LogP contribution in [0, 0.1) is 6.92 Å². The third-order valence-corrected chi connectivity index (χ3v) is 2.40. The Morgan fingerprint density at radius 1 is 1.12 bits per heavy atom. The summed E-state index contributed by atoms with van der Waals surface area (Å²) in [5.41, 5.74) is 2.18. The largest absolute Gasteiger partial charge is 0.346 e. The van der Waals surface area contributed by atoms with Gasteiger partial charge in [0.15, 0.2) is 5.78 Å². The molecule has 0 unspecified atom stereocenters. The van der Waals surface area contributed by atoms with Gasteiger partial charge in [0, 0.05) is 19.6 Å². The minimum Gasteiger partial charge on any atom is -0.346 e. The Labute approximate surface area is 103 Å². The third kappa shape index (κ3) is 4.67. The van der Waals surface area contributed by atoms with Gasteiger partial charge in [-0.1, -0.05) is 29.8 Å². The fourth-order valence-electron chi connectivity index (χ4n) is 1.53. The van der Waals surface area contributed by atoms with Crippen molar-refractivity contribution in [1.29, 1.82) is 0 Å². The fraction of sp³-hybridized carbons (Fsp3) is 0.500. The summed E-state index contributed by atoms with van der Waals surface area (Å²) >= 11 is 0. The molecule has 0 aliphatic heterocycles. The van der Waals surface area contributed by atoms with Gasteiger partial charge in [0.05, 0.1) is 0 Å². The summed E-state index contributed by atoms with van der Waals surface area (Å²) in [6.45, 7) is 6.68. The van der Waals surface area contributed by atoms with Gasteiger partial charge in [0.2, 0.25) is 6.29 Å². The topological polar surface area (TPSA) is 35.5 Å². The van der Waals surface area contributed by atoms with Crippen LogP contribution < -0.4 is 0 Å². The van der Waals surface area contributed by atoms with Crippen LogP contribution in [0.2, 0.25) is 0 Å². The second-order valence-electron chi connectivity index (χ2n) is 3.87. The highest BCUT2D eigenvalue weighted by atomic mass is 16.7. The van der Waals surface area contributed by atoms with E-state index >= 15 is 0 Å². The molecule has 0 radical (unpaired) electrons. The molecule has 1 aromatic rings. The number of carbonyl (C=O) groups is 1. The molecule has 0 N–H and O–H groups in total. The summed E-state index contributed by atoms with van der Waals surface area (Å²) in [7, 11) is 0. The number of ether oxygens (including phenoxy) is 2. The first-order valence-corrected chi connectivity index (χ1v) is 5.98. The van der Waals surface area contributed by atoms with Crippen molar-refractivity contribution >= 4 is 5.78 Å². The molecular weight excluding hydrogens is 216 g/mol. The van der Waals surface area contributed by atoms with Gasteiger partial charge in [0.1, 0.15) is 0 Å². The van der Waals surface area contributed by atoms with Crippen molar-refractivity contribution in [3.8, 4) is 0 Å². The van der Waals surface area contributed by atoms with Crippen molar-refractivity contribution in [3.05, 3.63) is 35.4 Å². The highest BCUT2D eigenvalue weighted by molar-refractivity contribution is 5.84. The second kappa shape index (κ2) is 7.20. The molecule has 0 bridgehead atoms. The van der Waals surface area contributed by atoms with Crippen LogP contribution in [0.25, 0.3) is 0 Å². The minimum atomic E-state index is -0.730. The summed E-state index contributed by atoms with van der Waals surface area (Å²) in [5.74, 6) is -0.0300. The van der Waals surface area contributed by atoms with Crippen LogP contribution in [0.15, 0.2) is 24.3 Å². The van der Waals surface area contributed by atoms with Crippen LogP contribution in [-0.4, -0.2) is 25.3 Å². The maximum atomic E-state index is 11.9. The maximum Gasteiger partial charge on any atom is 0.218 e. The zero-order valence-electron chi connectivity index (χ0n) is 10.7. The van der Waals surface area contributed by atoms with Gasteiger partial charge in [-0.15, -0.1) is 0 Å². The molecule has 3 nitrogen and oxygen atoms in total. The van der Waals surface area contributed by atoms with E-state index in [0.29, 0.717) is 19.6 Å². The van der Waals surface area contributed by atoms with E-state index in [9.17, 15) is 4.79 Å². The van der Waals surface area contributed by atoms with Crippen LogP contribution in [0.1, 0.15) is 25.0 Å². The third-order valence-electron chi connectivity index (χ3n) is 2.40. The normalized spacial score (nSPS) is 10.8. The van der Waals surface area contributed by atoms with Crippen molar-refractivity contribution in [3.63, 3.8) is 0 Å². The Morgan fingerprint density at radius 3 is 2.12 bits per heavy atom. The maximum absolute atomic E-state index is 11.9. The molecule has 0 aromatic heterocycles. The summed E-state index contributed by atoms with van der Waals surface area (Å²) in [6.07, 6.45) is -0.378. The summed E-state index contributed by atoms with van der Waals surface area (Å²) in [6, 6.07) is 7.92. The number of aryl methyl sites for hydroxylation is 1. The first-order valence-electron chi connectivity index (χ1n) is 5.98. The molecule has 17 heavy (non-hydrogen) atoms. The Morgan fingerprint density at radius 2 is 1.65 bits per heavy atom. The van der Waals surface area contributed by atoms with Gasteiger partial charge < -0.3 is 9.47 Å². The summed E-state index contributed by atoms with van der Waals surface area (Å²) < 4.78 is 10.5. The number of Topliss-reactive ketones (excluding diaryl/α,β-unsaturated/α-hetero) is 1. The van der Waals surface area contributed by atoms with Crippen molar-refractivity contribution in [2.45, 2.75) is 33.5 Å². The molecule has 0 saturated carbocycles. The standard InChI is InChI=1S/C14H20O3/c1-4-16-14(17-5-2)13(15)10-12-8-6-11(3)7-9-12/h6-9,14H,4-5,10H2,1-3H3. The second-order valence-corrected chi connectivity index (χ2v) is 3.87. The lowest BCUT2D eigenvalue weighted by atomic mass is 10.1. The van der Waals surface area contributed by atoms with Crippen LogP contribution in [-0.2, 0) is 20.7 Å². The lowest BCUT2D eigenvalue weighted by Gasteiger charge is -2.15. The quantitative estimate of drug-likeness (QED) is 0.682. The van der Waals surface area contributed by atoms with Gasteiger partial charge in [-0.05, 0) is 26.3 Å². The van der Waals surface area contributed by atoms with Crippen molar-refractivity contribution in [1.82, 2.24) is 0 Å². The Kier molecular flexibility index (Phi) is 5.87. The molecule has 0 saturated heterocycles. The number of hydrogen-bond donors (Lipinski definition) is 0. The zero-order chi connectivity index (χ0) is 12.7. The molecule has 0 aliphatic carbocycles. The van der Waals surface area contributed by atoms with E-state index in [-0.39, 0.29) is 5.78 Å². The fourth-order valence-corrected chi connectivity index (χ4v) is 1.53.